The fourth-order valence-corrected chi connectivity index (χ4v) is 5.39. The summed E-state index contributed by atoms with van der Waals surface area (Å²) >= 11 is 0. The van der Waals surface area contributed by atoms with Gasteiger partial charge in [-0.05, 0) is 41.0 Å². The largest absolute Gasteiger partial charge is 0.411 e. The van der Waals surface area contributed by atoms with Gasteiger partial charge in [0.2, 0.25) is 15.9 Å². The second kappa shape index (κ2) is 13.1. The van der Waals surface area contributed by atoms with Gasteiger partial charge in [-0.3, -0.25) is 4.79 Å². The molecule has 5 N–H and O–H groups in total. The molecule has 2 aromatic carbocycles. The number of nitrogens with two attached hydrogens (primary N) is 1. The van der Waals surface area contributed by atoms with Crippen LogP contribution in [-0.2, 0) is 21.2 Å². The molecule has 0 saturated carbocycles. The van der Waals surface area contributed by atoms with Crippen molar-refractivity contribution in [2.75, 3.05) is 13.1 Å². The molecule has 0 aliphatic carbocycles. The van der Waals surface area contributed by atoms with Crippen LogP contribution in [0.15, 0.2) is 64.6 Å². The molecular weight excluding hydrogens is 492 g/mol. The van der Waals surface area contributed by atoms with E-state index in [1.54, 1.807) is 0 Å². The molecule has 0 heterocycles. The van der Waals surface area contributed by atoms with Crippen LogP contribution < -0.4 is 11.1 Å². The maximum Gasteiger partial charge on any atom is 0.243 e. The standard InChI is InChI=1S/C27H40N4O5S/c1-19(2)17-31(37(35,36)22-13-11-21(12-14-22)16-29-34)18-24(32)23(15-20-9-7-6-8-10-20)30-26(33)25(28)27(3,4)5/h6-14,16,19,23-25,32,34H,15,17-18,28H2,1-5H3,(H,30,33)/t23-,24-,25+/m0/s1. The molecule has 0 fully saturated rings. The zero-order chi connectivity index (χ0) is 27.8. The molecule has 3 atom stereocenters. The van der Waals surface area contributed by atoms with Crippen LogP contribution in [0.25, 0.3) is 0 Å². The first-order chi connectivity index (χ1) is 17.3. The maximum atomic E-state index is 13.5. The molecule has 1 amide bonds. The van der Waals surface area contributed by atoms with Crippen LogP contribution in [0.4, 0.5) is 0 Å². The molecule has 0 unspecified atom stereocenters. The first-order valence-electron chi connectivity index (χ1n) is 12.3. The molecule has 37 heavy (non-hydrogen) atoms. The average molecular weight is 533 g/mol. The first kappa shape index (κ1) is 30.4. The van der Waals surface area contributed by atoms with E-state index in [4.69, 9.17) is 10.9 Å². The Kier molecular flexibility index (Phi) is 10.8. The number of nitrogens with one attached hydrogen (secondary N) is 1. The van der Waals surface area contributed by atoms with Gasteiger partial charge in [0.1, 0.15) is 0 Å². The van der Waals surface area contributed by atoms with Crippen LogP contribution in [-0.4, -0.2) is 66.4 Å². The van der Waals surface area contributed by atoms with Crippen molar-refractivity contribution in [3.05, 3.63) is 65.7 Å². The van der Waals surface area contributed by atoms with Crippen molar-refractivity contribution in [2.24, 2.45) is 22.2 Å². The summed E-state index contributed by atoms with van der Waals surface area (Å²) in [6.45, 7) is 9.30. The lowest BCUT2D eigenvalue weighted by molar-refractivity contribution is -0.126. The fraction of sp³-hybridized carbons (Fsp3) is 0.481. The molecule has 2 rings (SSSR count). The Hall–Kier alpha value is -2.79. The SMILES string of the molecule is CC(C)CN(C[C@H](O)[C@H](Cc1ccccc1)NC(=O)[C@@H](N)C(C)(C)C)S(=O)(=O)c1ccc(C=NO)cc1. The van der Waals surface area contributed by atoms with Crippen molar-refractivity contribution < 1.29 is 23.5 Å². The minimum atomic E-state index is -3.97. The Labute approximate surface area is 220 Å². The molecular formula is C27H40N4O5S. The van der Waals surface area contributed by atoms with Crippen molar-refractivity contribution in [2.45, 2.75) is 64.1 Å². The highest BCUT2D eigenvalue weighted by Crippen LogP contribution is 2.21. The highest BCUT2D eigenvalue weighted by molar-refractivity contribution is 7.89. The molecule has 0 aromatic heterocycles. The molecule has 0 aliphatic rings. The predicted octanol–water partition coefficient (Wildman–Crippen LogP) is 2.60. The number of carbonyl (C=O) groups is 1. The molecule has 0 saturated heterocycles. The smallest absolute Gasteiger partial charge is 0.243 e. The van der Waals surface area contributed by atoms with Gasteiger partial charge in [-0.1, -0.05) is 82.2 Å². The number of hydrogen-bond donors (Lipinski definition) is 4. The Balaban J connectivity index is 2.35. The van der Waals surface area contributed by atoms with Crippen molar-refractivity contribution in [1.82, 2.24) is 9.62 Å². The molecule has 9 nitrogen and oxygen atoms in total. The van der Waals surface area contributed by atoms with E-state index in [1.165, 1.54) is 34.8 Å². The number of sulfonamides is 1. The van der Waals surface area contributed by atoms with Crippen LogP contribution >= 0.6 is 0 Å². The highest BCUT2D eigenvalue weighted by atomic mass is 32.2. The van der Waals surface area contributed by atoms with Gasteiger partial charge < -0.3 is 21.4 Å². The number of aliphatic hydroxyl groups is 1. The molecule has 0 spiro atoms. The first-order valence-corrected chi connectivity index (χ1v) is 13.7. The molecule has 10 heteroatoms. The summed E-state index contributed by atoms with van der Waals surface area (Å²) in [6, 6.07) is 13.7. The predicted molar refractivity (Wildman–Crippen MR) is 145 cm³/mol. The van der Waals surface area contributed by atoms with Crippen LogP contribution in [0.2, 0.25) is 0 Å². The number of amides is 1. The number of aliphatic hydroxyl groups excluding tert-OH is 1. The number of benzene rings is 2. The number of nitrogens with zero attached hydrogens (tertiary/aromatic N) is 2. The fourth-order valence-electron chi connectivity index (χ4n) is 3.77. The Morgan fingerprint density at radius 1 is 1.08 bits per heavy atom. The Bertz CT molecular complexity index is 1130. The summed E-state index contributed by atoms with van der Waals surface area (Å²) < 4.78 is 28.3. The minimum Gasteiger partial charge on any atom is -0.411 e. The van der Waals surface area contributed by atoms with Crippen molar-refractivity contribution in [3.63, 3.8) is 0 Å². The quantitative estimate of drug-likeness (QED) is 0.188. The Morgan fingerprint density at radius 2 is 1.68 bits per heavy atom. The van der Waals surface area contributed by atoms with Crippen LogP contribution in [0.3, 0.4) is 0 Å². The van der Waals surface area contributed by atoms with Gasteiger partial charge in [-0.2, -0.15) is 4.31 Å². The third-order valence-corrected chi connectivity index (χ3v) is 7.84. The lowest BCUT2D eigenvalue weighted by atomic mass is 9.86. The summed E-state index contributed by atoms with van der Waals surface area (Å²) in [5.41, 5.74) is 7.09. The summed E-state index contributed by atoms with van der Waals surface area (Å²) in [5, 5.41) is 25.8. The summed E-state index contributed by atoms with van der Waals surface area (Å²) in [7, 11) is -3.97. The van der Waals surface area contributed by atoms with Crippen LogP contribution in [0.1, 0.15) is 45.7 Å². The van der Waals surface area contributed by atoms with Crippen molar-refractivity contribution in [1.29, 1.82) is 0 Å². The van der Waals surface area contributed by atoms with Crippen LogP contribution in [0, 0.1) is 11.3 Å². The zero-order valence-electron chi connectivity index (χ0n) is 22.2. The van der Waals surface area contributed by atoms with E-state index in [-0.39, 0.29) is 23.9 Å². The van der Waals surface area contributed by atoms with E-state index >= 15 is 0 Å². The lowest BCUT2D eigenvalue weighted by Crippen LogP contribution is -2.56. The zero-order valence-corrected chi connectivity index (χ0v) is 23.0. The van der Waals surface area contributed by atoms with Gasteiger partial charge in [-0.25, -0.2) is 8.42 Å². The third kappa shape index (κ3) is 8.92. The average Bonchev–Trinajstić information content (AvgIpc) is 2.83. The van der Waals surface area contributed by atoms with Crippen molar-refractivity contribution in [3.8, 4) is 0 Å². The monoisotopic (exact) mass is 532 g/mol. The summed E-state index contributed by atoms with van der Waals surface area (Å²) in [4.78, 5) is 13.0. The maximum absolute atomic E-state index is 13.5. The Morgan fingerprint density at radius 3 is 2.19 bits per heavy atom. The van der Waals surface area contributed by atoms with E-state index in [9.17, 15) is 18.3 Å². The number of oxime groups is 1. The third-order valence-electron chi connectivity index (χ3n) is 5.99. The number of rotatable bonds is 12. The van der Waals surface area contributed by atoms with Gasteiger partial charge in [0.15, 0.2) is 0 Å². The van der Waals surface area contributed by atoms with Crippen LogP contribution in [0.5, 0.6) is 0 Å². The second-order valence-corrected chi connectivity index (χ2v) is 12.7. The lowest BCUT2D eigenvalue weighted by Gasteiger charge is -2.33. The van der Waals surface area contributed by atoms with Gasteiger partial charge in [-0.15, -0.1) is 0 Å². The van der Waals surface area contributed by atoms with Gasteiger partial charge in [0, 0.05) is 13.1 Å². The highest BCUT2D eigenvalue weighted by Gasteiger charge is 2.34. The molecule has 0 aliphatic heterocycles. The van der Waals surface area contributed by atoms with E-state index < -0.39 is 39.5 Å². The number of hydrogen-bond acceptors (Lipinski definition) is 7. The van der Waals surface area contributed by atoms with E-state index in [0.29, 0.717) is 12.0 Å². The normalized spacial score (nSPS) is 15.2. The van der Waals surface area contributed by atoms with E-state index in [0.717, 1.165) is 5.56 Å². The minimum absolute atomic E-state index is 0.0146. The molecule has 2 aromatic rings. The van der Waals surface area contributed by atoms with Gasteiger partial charge in [0.05, 0.1) is 29.3 Å². The van der Waals surface area contributed by atoms with Gasteiger partial charge >= 0.3 is 0 Å². The van der Waals surface area contributed by atoms with E-state index in [1.807, 2.05) is 65.0 Å². The van der Waals surface area contributed by atoms with Crippen molar-refractivity contribution >= 4 is 22.1 Å². The topological polar surface area (TPSA) is 145 Å². The summed E-state index contributed by atoms with van der Waals surface area (Å²) in [5.74, 6) is -0.425. The molecule has 0 bridgehead atoms. The summed E-state index contributed by atoms with van der Waals surface area (Å²) in [6.07, 6.45) is 0.297. The van der Waals surface area contributed by atoms with Gasteiger partial charge in [0.25, 0.3) is 0 Å². The molecule has 0 radical (unpaired) electrons. The second-order valence-electron chi connectivity index (χ2n) is 10.7. The van der Waals surface area contributed by atoms with E-state index in [2.05, 4.69) is 10.5 Å². The molecule has 204 valence electrons. The number of carbonyl (C=O) groups excluding carboxylic acids is 1.